The fourth-order valence-corrected chi connectivity index (χ4v) is 3.33. The van der Waals surface area contributed by atoms with Gasteiger partial charge in [-0.3, -0.25) is 0 Å². The topological polar surface area (TPSA) is 40.6 Å². The van der Waals surface area contributed by atoms with E-state index in [0.29, 0.717) is 6.54 Å². The number of sulfonamides is 1. The summed E-state index contributed by atoms with van der Waals surface area (Å²) < 4.78 is 26.3. The molecule has 0 aromatic carbocycles. The molecule has 1 rings (SSSR count). The molecule has 0 bridgehead atoms. The largest absolute Gasteiger partial charge is 0.248 e. The quantitative estimate of drug-likeness (QED) is 0.630. The van der Waals surface area contributed by atoms with Gasteiger partial charge >= 0.3 is 0 Å². The SMILES string of the molecule is CSN1CCN(S(C)(=O)=O)C(C)C1. The molecule has 0 aromatic heterocycles. The summed E-state index contributed by atoms with van der Waals surface area (Å²) >= 11 is 1.67. The molecular weight excluding hydrogens is 208 g/mol. The first-order chi connectivity index (χ1) is 5.95. The lowest BCUT2D eigenvalue weighted by molar-refractivity contribution is 0.225. The van der Waals surface area contributed by atoms with E-state index in [-0.39, 0.29) is 6.04 Å². The van der Waals surface area contributed by atoms with Gasteiger partial charge in [0.25, 0.3) is 0 Å². The summed E-state index contributed by atoms with van der Waals surface area (Å²) in [7, 11) is -3.01. The molecule has 1 saturated heterocycles. The van der Waals surface area contributed by atoms with E-state index >= 15 is 0 Å². The average molecular weight is 224 g/mol. The Balaban J connectivity index is 2.64. The van der Waals surface area contributed by atoms with Gasteiger partial charge in [0.15, 0.2) is 0 Å². The van der Waals surface area contributed by atoms with Crippen LogP contribution < -0.4 is 0 Å². The molecule has 0 N–H and O–H groups in total. The molecule has 1 atom stereocenters. The van der Waals surface area contributed by atoms with Crippen LogP contribution in [0.1, 0.15) is 6.92 Å². The van der Waals surface area contributed by atoms with Gasteiger partial charge < -0.3 is 0 Å². The van der Waals surface area contributed by atoms with E-state index in [9.17, 15) is 8.42 Å². The van der Waals surface area contributed by atoms with Crippen LogP contribution in [0.2, 0.25) is 0 Å². The molecule has 6 heteroatoms. The van der Waals surface area contributed by atoms with Crippen molar-refractivity contribution in [3.05, 3.63) is 0 Å². The average Bonchev–Trinajstić information content (AvgIpc) is 2.01. The zero-order valence-electron chi connectivity index (χ0n) is 8.23. The summed E-state index contributed by atoms with van der Waals surface area (Å²) in [5, 5.41) is 0. The van der Waals surface area contributed by atoms with E-state index in [1.54, 1.807) is 16.3 Å². The molecule has 4 nitrogen and oxygen atoms in total. The molecule has 1 heterocycles. The summed E-state index contributed by atoms with van der Waals surface area (Å²) in [6.07, 6.45) is 3.29. The van der Waals surface area contributed by atoms with Gasteiger partial charge in [0.1, 0.15) is 0 Å². The fraction of sp³-hybridized carbons (Fsp3) is 1.00. The van der Waals surface area contributed by atoms with Crippen molar-refractivity contribution in [2.45, 2.75) is 13.0 Å². The van der Waals surface area contributed by atoms with Crippen LogP contribution in [-0.2, 0) is 10.0 Å². The van der Waals surface area contributed by atoms with Crippen LogP contribution in [0.25, 0.3) is 0 Å². The number of hydrogen-bond donors (Lipinski definition) is 0. The minimum absolute atomic E-state index is 0.0937. The van der Waals surface area contributed by atoms with Gasteiger partial charge in [0, 0.05) is 25.7 Å². The second-order valence-electron chi connectivity index (χ2n) is 3.29. The van der Waals surface area contributed by atoms with E-state index in [0.717, 1.165) is 13.1 Å². The van der Waals surface area contributed by atoms with Gasteiger partial charge in [-0.15, -0.1) is 0 Å². The van der Waals surface area contributed by atoms with E-state index in [2.05, 4.69) is 4.31 Å². The fourth-order valence-electron chi connectivity index (χ4n) is 1.57. The Morgan fingerprint density at radius 2 is 2.00 bits per heavy atom. The van der Waals surface area contributed by atoms with Gasteiger partial charge in [0.05, 0.1) is 6.26 Å². The van der Waals surface area contributed by atoms with Gasteiger partial charge in [-0.05, 0) is 13.2 Å². The Hall–Kier alpha value is 0.220. The third-order valence-corrected chi connectivity index (χ3v) is 4.46. The van der Waals surface area contributed by atoms with Crippen LogP contribution in [-0.4, -0.2) is 55.2 Å². The molecule has 1 aliphatic heterocycles. The van der Waals surface area contributed by atoms with Gasteiger partial charge in [-0.2, -0.15) is 4.31 Å². The highest BCUT2D eigenvalue weighted by Gasteiger charge is 2.29. The van der Waals surface area contributed by atoms with Crippen molar-refractivity contribution in [1.29, 1.82) is 0 Å². The first kappa shape index (κ1) is 11.3. The standard InChI is InChI=1S/C7H16N2O2S2/c1-7-6-8(12-2)4-5-9(7)13(3,10)11/h7H,4-6H2,1-3H3. The second kappa shape index (κ2) is 4.16. The van der Waals surface area contributed by atoms with Crippen LogP contribution in [0.3, 0.4) is 0 Å². The predicted octanol–water partition coefficient (Wildman–Crippen LogP) is 0.230. The molecule has 1 aliphatic rings. The first-order valence-corrected chi connectivity index (χ1v) is 7.24. The number of rotatable bonds is 2. The van der Waals surface area contributed by atoms with Gasteiger partial charge in [-0.25, -0.2) is 12.7 Å². The zero-order valence-corrected chi connectivity index (χ0v) is 9.86. The van der Waals surface area contributed by atoms with Crippen molar-refractivity contribution < 1.29 is 8.42 Å². The van der Waals surface area contributed by atoms with Crippen LogP contribution >= 0.6 is 11.9 Å². The van der Waals surface area contributed by atoms with Crippen molar-refractivity contribution in [3.8, 4) is 0 Å². The van der Waals surface area contributed by atoms with Crippen molar-refractivity contribution in [1.82, 2.24) is 8.61 Å². The molecule has 1 fully saturated rings. The zero-order chi connectivity index (χ0) is 10.1. The lowest BCUT2D eigenvalue weighted by Crippen LogP contribution is -2.51. The van der Waals surface area contributed by atoms with E-state index < -0.39 is 10.0 Å². The molecule has 1 unspecified atom stereocenters. The highest BCUT2D eigenvalue weighted by atomic mass is 32.2. The Bertz CT molecular complexity index is 266. The van der Waals surface area contributed by atoms with Crippen molar-refractivity contribution in [3.63, 3.8) is 0 Å². The molecular formula is C7H16N2O2S2. The highest BCUT2D eigenvalue weighted by molar-refractivity contribution is 7.96. The lowest BCUT2D eigenvalue weighted by atomic mass is 10.3. The molecule has 0 radical (unpaired) electrons. The maximum absolute atomic E-state index is 11.3. The smallest absolute Gasteiger partial charge is 0.211 e. The van der Waals surface area contributed by atoms with E-state index in [1.807, 2.05) is 13.2 Å². The van der Waals surface area contributed by atoms with Crippen LogP contribution in [0.15, 0.2) is 0 Å². The maximum Gasteiger partial charge on any atom is 0.211 e. The van der Waals surface area contributed by atoms with Crippen molar-refractivity contribution in [2.24, 2.45) is 0 Å². The second-order valence-corrected chi connectivity index (χ2v) is 6.11. The Labute approximate surface area is 84.5 Å². The number of hydrogen-bond acceptors (Lipinski definition) is 4. The normalized spacial score (nSPS) is 27.8. The number of nitrogens with zero attached hydrogens (tertiary/aromatic N) is 2. The molecule has 0 amide bonds. The Morgan fingerprint density at radius 1 is 1.38 bits per heavy atom. The number of piperazine rings is 1. The van der Waals surface area contributed by atoms with Crippen molar-refractivity contribution in [2.75, 3.05) is 32.1 Å². The van der Waals surface area contributed by atoms with Crippen molar-refractivity contribution >= 4 is 22.0 Å². The lowest BCUT2D eigenvalue weighted by Gasteiger charge is -2.36. The molecule has 13 heavy (non-hydrogen) atoms. The van der Waals surface area contributed by atoms with Gasteiger partial charge in [0.2, 0.25) is 10.0 Å². The Kier molecular flexibility index (Phi) is 3.62. The molecule has 0 spiro atoms. The van der Waals surface area contributed by atoms with Crippen LogP contribution in [0.5, 0.6) is 0 Å². The van der Waals surface area contributed by atoms with Gasteiger partial charge in [-0.1, -0.05) is 11.9 Å². The molecule has 0 saturated carbocycles. The maximum atomic E-state index is 11.3. The van der Waals surface area contributed by atoms with Crippen LogP contribution in [0.4, 0.5) is 0 Å². The highest BCUT2D eigenvalue weighted by Crippen LogP contribution is 2.17. The predicted molar refractivity (Wildman–Crippen MR) is 56.1 cm³/mol. The third-order valence-electron chi connectivity index (χ3n) is 2.21. The molecule has 78 valence electrons. The molecule has 0 aliphatic carbocycles. The summed E-state index contributed by atoms with van der Waals surface area (Å²) in [4.78, 5) is 0. The summed E-state index contributed by atoms with van der Waals surface area (Å²) in [5.41, 5.74) is 0. The van der Waals surface area contributed by atoms with Crippen LogP contribution in [0, 0.1) is 0 Å². The Morgan fingerprint density at radius 3 is 2.38 bits per heavy atom. The summed E-state index contributed by atoms with van der Waals surface area (Å²) in [6, 6.07) is 0.0937. The minimum atomic E-state index is -3.01. The summed E-state index contributed by atoms with van der Waals surface area (Å²) in [5.74, 6) is 0. The minimum Gasteiger partial charge on any atom is -0.248 e. The molecule has 0 aromatic rings. The van der Waals surface area contributed by atoms with E-state index in [1.165, 1.54) is 6.26 Å². The first-order valence-electron chi connectivity index (χ1n) is 4.21. The summed E-state index contributed by atoms with van der Waals surface area (Å²) in [6.45, 7) is 4.19. The third kappa shape index (κ3) is 2.83. The van der Waals surface area contributed by atoms with E-state index in [4.69, 9.17) is 0 Å². The monoisotopic (exact) mass is 224 g/mol.